The molecular weight excluding hydrogens is 216 g/mol. The fourth-order valence-electron chi connectivity index (χ4n) is 1.98. The minimum absolute atomic E-state index is 0.121. The van der Waals surface area contributed by atoms with Crippen LogP contribution in [0.4, 0.5) is 0 Å². The van der Waals surface area contributed by atoms with E-state index in [0.29, 0.717) is 17.3 Å². The Kier molecular flexibility index (Phi) is 3.55. The largest absolute Gasteiger partial charge is 0.473 e. The standard InChI is InChI=1S/C12H16N4O/c1-8-15-7-9(6-13)12(16-8)17-11-4-2-10(14)3-5-11/h7,10-11H,2-5,14H2,1H3. The molecule has 1 heterocycles. The molecule has 1 aromatic rings. The van der Waals surface area contributed by atoms with Crippen molar-refractivity contribution in [1.29, 1.82) is 5.26 Å². The van der Waals surface area contributed by atoms with Gasteiger partial charge in [-0.1, -0.05) is 0 Å². The van der Waals surface area contributed by atoms with E-state index in [9.17, 15) is 0 Å². The molecule has 17 heavy (non-hydrogen) atoms. The van der Waals surface area contributed by atoms with Crippen molar-refractivity contribution in [2.24, 2.45) is 5.73 Å². The molecule has 0 atom stereocenters. The van der Waals surface area contributed by atoms with E-state index >= 15 is 0 Å². The number of nitrogens with zero attached hydrogens (tertiary/aromatic N) is 3. The molecule has 0 spiro atoms. The van der Waals surface area contributed by atoms with Crippen LogP contribution in [0.2, 0.25) is 0 Å². The van der Waals surface area contributed by atoms with Crippen LogP contribution in [0.5, 0.6) is 5.88 Å². The lowest BCUT2D eigenvalue weighted by atomic mass is 9.94. The summed E-state index contributed by atoms with van der Waals surface area (Å²) in [7, 11) is 0. The van der Waals surface area contributed by atoms with Gasteiger partial charge in [0.1, 0.15) is 23.6 Å². The predicted molar refractivity (Wildman–Crippen MR) is 62.3 cm³/mol. The summed E-state index contributed by atoms with van der Waals surface area (Å²) < 4.78 is 5.78. The van der Waals surface area contributed by atoms with Crippen LogP contribution in [0.1, 0.15) is 37.1 Å². The first-order valence-electron chi connectivity index (χ1n) is 5.85. The second-order valence-electron chi connectivity index (χ2n) is 4.40. The van der Waals surface area contributed by atoms with Gasteiger partial charge in [0.15, 0.2) is 0 Å². The maximum Gasteiger partial charge on any atom is 0.235 e. The topological polar surface area (TPSA) is 84.8 Å². The van der Waals surface area contributed by atoms with E-state index in [1.54, 1.807) is 6.92 Å². The average molecular weight is 232 g/mol. The van der Waals surface area contributed by atoms with Gasteiger partial charge in [0.05, 0.1) is 6.20 Å². The highest BCUT2D eigenvalue weighted by molar-refractivity contribution is 5.35. The number of ether oxygens (including phenoxy) is 1. The van der Waals surface area contributed by atoms with Gasteiger partial charge in [-0.25, -0.2) is 4.98 Å². The van der Waals surface area contributed by atoms with Gasteiger partial charge >= 0.3 is 0 Å². The van der Waals surface area contributed by atoms with E-state index in [4.69, 9.17) is 15.7 Å². The molecule has 1 saturated carbocycles. The lowest BCUT2D eigenvalue weighted by Crippen LogP contribution is -2.32. The van der Waals surface area contributed by atoms with Crippen LogP contribution >= 0.6 is 0 Å². The Morgan fingerprint density at radius 1 is 1.41 bits per heavy atom. The molecule has 1 fully saturated rings. The van der Waals surface area contributed by atoms with Gasteiger partial charge in [-0.15, -0.1) is 0 Å². The van der Waals surface area contributed by atoms with Gasteiger partial charge in [-0.2, -0.15) is 10.2 Å². The van der Waals surface area contributed by atoms with Crippen LogP contribution in [0.3, 0.4) is 0 Å². The Labute approximate surface area is 101 Å². The molecule has 1 aromatic heterocycles. The molecule has 0 radical (unpaired) electrons. The predicted octanol–water partition coefficient (Wildman–Crippen LogP) is 1.31. The fraction of sp³-hybridized carbons (Fsp3) is 0.583. The normalized spacial score (nSPS) is 24.1. The van der Waals surface area contributed by atoms with Crippen molar-refractivity contribution in [3.63, 3.8) is 0 Å². The minimum Gasteiger partial charge on any atom is -0.473 e. The van der Waals surface area contributed by atoms with E-state index < -0.39 is 0 Å². The summed E-state index contributed by atoms with van der Waals surface area (Å²) in [6.45, 7) is 1.78. The van der Waals surface area contributed by atoms with E-state index in [-0.39, 0.29) is 12.1 Å². The summed E-state index contributed by atoms with van der Waals surface area (Å²) in [6, 6.07) is 2.34. The number of hydrogen-bond donors (Lipinski definition) is 1. The van der Waals surface area contributed by atoms with E-state index in [1.807, 2.05) is 6.07 Å². The van der Waals surface area contributed by atoms with Crippen molar-refractivity contribution in [2.45, 2.75) is 44.8 Å². The summed E-state index contributed by atoms with van der Waals surface area (Å²) in [4.78, 5) is 8.15. The van der Waals surface area contributed by atoms with Gasteiger partial charge in [0.25, 0.3) is 0 Å². The van der Waals surface area contributed by atoms with Gasteiger partial charge in [-0.05, 0) is 32.6 Å². The van der Waals surface area contributed by atoms with Crippen molar-refractivity contribution < 1.29 is 4.74 Å². The van der Waals surface area contributed by atoms with Crippen LogP contribution in [-0.2, 0) is 0 Å². The molecule has 1 aliphatic rings. The van der Waals surface area contributed by atoms with Crippen LogP contribution in [-0.4, -0.2) is 22.1 Å². The van der Waals surface area contributed by atoms with E-state index in [2.05, 4.69) is 9.97 Å². The number of aromatic nitrogens is 2. The van der Waals surface area contributed by atoms with Crippen LogP contribution < -0.4 is 10.5 Å². The zero-order chi connectivity index (χ0) is 12.3. The second-order valence-corrected chi connectivity index (χ2v) is 4.40. The van der Waals surface area contributed by atoms with Gasteiger partial charge < -0.3 is 10.5 Å². The highest BCUT2D eigenvalue weighted by Crippen LogP contribution is 2.23. The minimum atomic E-state index is 0.121. The molecule has 0 aliphatic heterocycles. The Balaban J connectivity index is 2.08. The van der Waals surface area contributed by atoms with Gasteiger partial charge in [0.2, 0.25) is 5.88 Å². The van der Waals surface area contributed by atoms with Crippen LogP contribution in [0.25, 0.3) is 0 Å². The zero-order valence-corrected chi connectivity index (χ0v) is 9.89. The number of hydrogen-bond acceptors (Lipinski definition) is 5. The summed E-state index contributed by atoms with van der Waals surface area (Å²) in [5.41, 5.74) is 6.23. The number of nitrogens with two attached hydrogens (primary N) is 1. The first-order chi connectivity index (χ1) is 8.19. The lowest BCUT2D eigenvalue weighted by molar-refractivity contribution is 0.140. The second kappa shape index (κ2) is 5.11. The lowest BCUT2D eigenvalue weighted by Gasteiger charge is -2.26. The Morgan fingerprint density at radius 3 is 2.76 bits per heavy atom. The van der Waals surface area contributed by atoms with Crippen LogP contribution in [0, 0.1) is 18.3 Å². The summed E-state index contributed by atoms with van der Waals surface area (Å²) in [5, 5.41) is 8.95. The molecule has 1 aliphatic carbocycles. The summed E-state index contributed by atoms with van der Waals surface area (Å²) in [6.07, 6.45) is 5.42. The highest BCUT2D eigenvalue weighted by atomic mass is 16.5. The molecule has 2 N–H and O–H groups in total. The molecule has 0 amide bonds. The van der Waals surface area contributed by atoms with Crippen molar-refractivity contribution in [3.8, 4) is 11.9 Å². The Hall–Kier alpha value is -1.67. The SMILES string of the molecule is Cc1ncc(C#N)c(OC2CCC(N)CC2)n1. The average Bonchev–Trinajstić information content (AvgIpc) is 2.32. The summed E-state index contributed by atoms with van der Waals surface area (Å²) >= 11 is 0. The first-order valence-corrected chi connectivity index (χ1v) is 5.85. The smallest absolute Gasteiger partial charge is 0.235 e. The fourth-order valence-corrected chi connectivity index (χ4v) is 1.98. The number of nitriles is 1. The summed E-state index contributed by atoms with van der Waals surface area (Å²) in [5.74, 6) is 1.02. The quantitative estimate of drug-likeness (QED) is 0.830. The Morgan fingerprint density at radius 2 is 2.12 bits per heavy atom. The van der Waals surface area contributed by atoms with E-state index in [0.717, 1.165) is 25.7 Å². The highest BCUT2D eigenvalue weighted by Gasteiger charge is 2.21. The maximum absolute atomic E-state index is 8.95. The monoisotopic (exact) mass is 232 g/mol. The third kappa shape index (κ3) is 2.92. The third-order valence-electron chi connectivity index (χ3n) is 2.99. The number of rotatable bonds is 2. The maximum atomic E-state index is 8.95. The van der Waals surface area contributed by atoms with Crippen molar-refractivity contribution in [1.82, 2.24) is 9.97 Å². The molecule has 0 bridgehead atoms. The molecular formula is C12H16N4O. The van der Waals surface area contributed by atoms with Gasteiger partial charge in [0, 0.05) is 6.04 Å². The molecule has 0 unspecified atom stereocenters. The molecule has 5 heteroatoms. The molecule has 0 aromatic carbocycles. The third-order valence-corrected chi connectivity index (χ3v) is 2.99. The van der Waals surface area contributed by atoms with Crippen molar-refractivity contribution in [2.75, 3.05) is 0 Å². The van der Waals surface area contributed by atoms with Gasteiger partial charge in [-0.3, -0.25) is 0 Å². The van der Waals surface area contributed by atoms with Crippen LogP contribution in [0.15, 0.2) is 6.20 Å². The van der Waals surface area contributed by atoms with Crippen molar-refractivity contribution in [3.05, 3.63) is 17.6 Å². The molecule has 5 nitrogen and oxygen atoms in total. The van der Waals surface area contributed by atoms with E-state index in [1.165, 1.54) is 6.20 Å². The first kappa shape index (κ1) is 11.8. The zero-order valence-electron chi connectivity index (χ0n) is 9.89. The molecule has 90 valence electrons. The Bertz CT molecular complexity index is 433. The molecule has 2 rings (SSSR count). The number of aryl methyl sites for hydroxylation is 1. The molecule has 0 saturated heterocycles. The van der Waals surface area contributed by atoms with Crippen molar-refractivity contribution >= 4 is 0 Å².